The van der Waals surface area contributed by atoms with Crippen LogP contribution in [0.1, 0.15) is 0 Å². The van der Waals surface area contributed by atoms with Gasteiger partial charge < -0.3 is 4.74 Å². The van der Waals surface area contributed by atoms with Crippen molar-refractivity contribution in [3.8, 4) is 5.75 Å². The fourth-order valence-corrected chi connectivity index (χ4v) is 1.42. The van der Waals surface area contributed by atoms with Gasteiger partial charge in [0, 0.05) is 6.20 Å². The third-order valence-electron chi connectivity index (χ3n) is 1.27. The zero-order valence-corrected chi connectivity index (χ0v) is 7.21. The van der Waals surface area contributed by atoms with Crippen LogP contribution in [0.15, 0.2) is 23.4 Å². The summed E-state index contributed by atoms with van der Waals surface area (Å²) in [7, 11) is -2.36. The molecule has 12 heavy (non-hydrogen) atoms. The summed E-state index contributed by atoms with van der Waals surface area (Å²) < 4.78 is 26.5. The lowest BCUT2D eigenvalue weighted by atomic mass is 10.5. The Morgan fingerprint density at radius 3 is 2.67 bits per heavy atom. The van der Waals surface area contributed by atoms with E-state index in [0.29, 0.717) is 0 Å². The number of rotatable bonds is 2. The van der Waals surface area contributed by atoms with Gasteiger partial charge in [0.15, 0.2) is 5.75 Å². The standard InChI is InChI=1S/C6H8N2O3S/c1-11-5-4-8-3-2-6(5)12(7,9)10/h2-4H,1H3,(H2,7,9,10). The fraction of sp³-hybridized carbons (Fsp3) is 0.167. The minimum atomic E-state index is -3.71. The molecule has 0 amide bonds. The lowest BCUT2D eigenvalue weighted by molar-refractivity contribution is 0.400. The molecule has 5 nitrogen and oxygen atoms in total. The molecule has 1 heterocycles. The van der Waals surface area contributed by atoms with Crippen molar-refractivity contribution in [3.05, 3.63) is 18.5 Å². The number of pyridine rings is 1. The molecule has 0 saturated carbocycles. The number of hydrogen-bond acceptors (Lipinski definition) is 4. The van der Waals surface area contributed by atoms with E-state index in [0.717, 1.165) is 0 Å². The molecule has 0 unspecified atom stereocenters. The molecule has 0 saturated heterocycles. The molecule has 1 aromatic rings. The van der Waals surface area contributed by atoms with Gasteiger partial charge >= 0.3 is 0 Å². The number of aromatic nitrogens is 1. The van der Waals surface area contributed by atoms with Crippen LogP contribution in [0.5, 0.6) is 5.75 Å². The molecule has 6 heteroatoms. The summed E-state index contributed by atoms with van der Waals surface area (Å²) in [6, 6.07) is 1.29. The number of methoxy groups -OCH3 is 1. The molecule has 66 valence electrons. The summed E-state index contributed by atoms with van der Waals surface area (Å²) in [6.07, 6.45) is 2.63. The molecule has 1 aromatic heterocycles. The Morgan fingerprint density at radius 2 is 2.25 bits per heavy atom. The molecule has 0 spiro atoms. The Bertz CT molecular complexity index is 374. The number of ether oxygens (including phenoxy) is 1. The van der Waals surface area contributed by atoms with E-state index in [1.165, 1.54) is 25.6 Å². The van der Waals surface area contributed by atoms with Crippen LogP contribution < -0.4 is 9.88 Å². The average Bonchev–Trinajstić information content (AvgIpc) is 2.03. The Hall–Kier alpha value is -1.14. The minimum Gasteiger partial charge on any atom is -0.494 e. The van der Waals surface area contributed by atoms with Crippen molar-refractivity contribution in [2.75, 3.05) is 7.11 Å². The molecule has 0 aliphatic carbocycles. The van der Waals surface area contributed by atoms with E-state index in [2.05, 4.69) is 4.98 Å². The lowest BCUT2D eigenvalue weighted by Gasteiger charge is -2.03. The Kier molecular flexibility index (Phi) is 2.30. The van der Waals surface area contributed by atoms with Gasteiger partial charge in [-0.2, -0.15) is 0 Å². The first-order valence-electron chi connectivity index (χ1n) is 3.06. The molecule has 0 aliphatic heterocycles. The maximum atomic E-state index is 10.9. The Balaban J connectivity index is 3.33. The monoisotopic (exact) mass is 188 g/mol. The molecular weight excluding hydrogens is 180 g/mol. The minimum absolute atomic E-state index is 0.0556. The van der Waals surface area contributed by atoms with Crippen molar-refractivity contribution in [2.45, 2.75) is 4.90 Å². The van der Waals surface area contributed by atoms with Gasteiger partial charge in [-0.25, -0.2) is 13.6 Å². The predicted octanol–water partition coefficient (Wildman–Crippen LogP) is -0.262. The van der Waals surface area contributed by atoms with E-state index in [1.807, 2.05) is 0 Å². The van der Waals surface area contributed by atoms with Crippen LogP contribution in [0.3, 0.4) is 0 Å². The SMILES string of the molecule is COc1cnccc1S(N)(=O)=O. The topological polar surface area (TPSA) is 82.3 Å². The zero-order valence-electron chi connectivity index (χ0n) is 6.39. The highest BCUT2D eigenvalue weighted by molar-refractivity contribution is 7.89. The van der Waals surface area contributed by atoms with E-state index < -0.39 is 10.0 Å². The van der Waals surface area contributed by atoms with Gasteiger partial charge in [0.25, 0.3) is 0 Å². The number of hydrogen-bond donors (Lipinski definition) is 1. The van der Waals surface area contributed by atoms with Crippen LogP contribution >= 0.6 is 0 Å². The van der Waals surface area contributed by atoms with Crippen molar-refractivity contribution in [2.24, 2.45) is 5.14 Å². The maximum Gasteiger partial charge on any atom is 0.241 e. The van der Waals surface area contributed by atoms with E-state index in [-0.39, 0.29) is 10.6 Å². The predicted molar refractivity (Wildman–Crippen MR) is 42.2 cm³/mol. The van der Waals surface area contributed by atoms with E-state index >= 15 is 0 Å². The van der Waals surface area contributed by atoms with Gasteiger partial charge in [-0.1, -0.05) is 0 Å². The molecule has 0 aromatic carbocycles. The highest BCUT2D eigenvalue weighted by Crippen LogP contribution is 2.19. The van der Waals surface area contributed by atoms with Crippen LogP contribution in [-0.4, -0.2) is 20.5 Å². The van der Waals surface area contributed by atoms with Crippen molar-refractivity contribution < 1.29 is 13.2 Å². The van der Waals surface area contributed by atoms with Gasteiger partial charge in [-0.3, -0.25) is 4.98 Å². The zero-order chi connectivity index (χ0) is 9.19. The van der Waals surface area contributed by atoms with Crippen LogP contribution in [0, 0.1) is 0 Å². The largest absolute Gasteiger partial charge is 0.494 e. The van der Waals surface area contributed by atoms with Crippen molar-refractivity contribution in [3.63, 3.8) is 0 Å². The smallest absolute Gasteiger partial charge is 0.241 e. The van der Waals surface area contributed by atoms with Crippen molar-refractivity contribution in [1.29, 1.82) is 0 Å². The summed E-state index contributed by atoms with van der Waals surface area (Å²) in [5.74, 6) is 0.153. The average molecular weight is 188 g/mol. The molecule has 2 N–H and O–H groups in total. The quantitative estimate of drug-likeness (QED) is 0.693. The number of sulfonamides is 1. The maximum absolute atomic E-state index is 10.9. The summed E-state index contributed by atoms with van der Waals surface area (Å²) in [6.45, 7) is 0. The first kappa shape index (κ1) is 8.95. The van der Waals surface area contributed by atoms with Crippen LogP contribution in [0.4, 0.5) is 0 Å². The molecule has 0 atom stereocenters. The van der Waals surface area contributed by atoms with Crippen molar-refractivity contribution in [1.82, 2.24) is 4.98 Å². The second-order valence-electron chi connectivity index (χ2n) is 2.07. The Morgan fingerprint density at radius 1 is 1.58 bits per heavy atom. The van der Waals surface area contributed by atoms with Crippen LogP contribution in [-0.2, 0) is 10.0 Å². The summed E-state index contributed by atoms with van der Waals surface area (Å²) in [4.78, 5) is 3.63. The first-order chi connectivity index (χ1) is 5.55. The van der Waals surface area contributed by atoms with Gasteiger partial charge in [0.2, 0.25) is 10.0 Å². The number of nitrogens with two attached hydrogens (primary N) is 1. The summed E-state index contributed by atoms with van der Waals surface area (Å²) in [5.41, 5.74) is 0. The first-order valence-corrected chi connectivity index (χ1v) is 4.61. The fourth-order valence-electron chi connectivity index (χ4n) is 0.756. The third kappa shape index (κ3) is 1.72. The number of nitrogens with zero attached hydrogens (tertiary/aromatic N) is 1. The van der Waals surface area contributed by atoms with E-state index in [1.54, 1.807) is 0 Å². The summed E-state index contributed by atoms with van der Waals surface area (Å²) >= 11 is 0. The second-order valence-corrected chi connectivity index (χ2v) is 3.60. The molecule has 0 radical (unpaired) electrons. The number of primary sulfonamides is 1. The van der Waals surface area contributed by atoms with E-state index in [4.69, 9.17) is 9.88 Å². The second kappa shape index (κ2) is 3.08. The Labute approximate surface area is 70.2 Å². The highest BCUT2D eigenvalue weighted by Gasteiger charge is 2.13. The molecule has 1 rings (SSSR count). The van der Waals surface area contributed by atoms with Crippen LogP contribution in [0.25, 0.3) is 0 Å². The van der Waals surface area contributed by atoms with E-state index in [9.17, 15) is 8.42 Å². The third-order valence-corrected chi connectivity index (χ3v) is 2.22. The van der Waals surface area contributed by atoms with Gasteiger partial charge in [-0.05, 0) is 6.07 Å². The molecule has 0 aliphatic rings. The lowest BCUT2D eigenvalue weighted by Crippen LogP contribution is -2.13. The van der Waals surface area contributed by atoms with Gasteiger partial charge in [0.05, 0.1) is 13.3 Å². The van der Waals surface area contributed by atoms with Crippen LogP contribution in [0.2, 0.25) is 0 Å². The normalized spacial score (nSPS) is 11.2. The highest BCUT2D eigenvalue weighted by atomic mass is 32.2. The summed E-state index contributed by atoms with van der Waals surface area (Å²) in [5, 5.41) is 4.90. The van der Waals surface area contributed by atoms with Crippen molar-refractivity contribution >= 4 is 10.0 Å². The molecule has 0 fully saturated rings. The van der Waals surface area contributed by atoms with Gasteiger partial charge in [-0.15, -0.1) is 0 Å². The molecular formula is C6H8N2O3S. The molecule has 0 bridgehead atoms. The van der Waals surface area contributed by atoms with Gasteiger partial charge in [0.1, 0.15) is 4.90 Å².